The number of aromatic carboxylic acids is 2. The first kappa shape index (κ1) is 20.5. The molecule has 2 N–H and O–H groups in total. The summed E-state index contributed by atoms with van der Waals surface area (Å²) < 4.78 is 0. The molecule has 0 spiro atoms. The van der Waals surface area contributed by atoms with Gasteiger partial charge >= 0.3 is 11.9 Å². The zero-order valence-corrected chi connectivity index (χ0v) is 16.9. The van der Waals surface area contributed by atoms with Crippen LogP contribution in [0.2, 0.25) is 0 Å². The van der Waals surface area contributed by atoms with Crippen LogP contribution in [0, 0.1) is 5.41 Å². The first-order valence-corrected chi connectivity index (χ1v) is 10.2. The van der Waals surface area contributed by atoms with Crippen LogP contribution in [0.1, 0.15) is 54.2 Å². The molecule has 156 valence electrons. The fraction of sp³-hybridized carbons (Fsp3) is 0.192. The van der Waals surface area contributed by atoms with Crippen LogP contribution in [0.4, 0.5) is 0 Å². The molecule has 5 nitrogen and oxygen atoms in total. The van der Waals surface area contributed by atoms with E-state index in [4.69, 9.17) is 0 Å². The number of rotatable bonds is 6. The summed E-state index contributed by atoms with van der Waals surface area (Å²) in [6.07, 6.45) is 1.66. The molecule has 0 aliphatic heterocycles. The summed E-state index contributed by atoms with van der Waals surface area (Å²) in [5.74, 6) is -2.14. The third kappa shape index (κ3) is 3.87. The SMILES string of the molecule is O=C(O)c1ccccc1CC1(Cc2ccccc2C(=O)O)CCc2ccccc2C1=O. The topological polar surface area (TPSA) is 91.7 Å². The second-order valence-electron chi connectivity index (χ2n) is 8.04. The fourth-order valence-corrected chi connectivity index (χ4v) is 4.63. The molecule has 0 saturated heterocycles. The Balaban J connectivity index is 1.84. The van der Waals surface area contributed by atoms with Gasteiger partial charge in [0.2, 0.25) is 0 Å². The lowest BCUT2D eigenvalue weighted by molar-refractivity contribution is 0.0685. The molecular weight excluding hydrogens is 392 g/mol. The van der Waals surface area contributed by atoms with E-state index in [0.29, 0.717) is 29.5 Å². The molecule has 0 heterocycles. The van der Waals surface area contributed by atoms with Gasteiger partial charge in [-0.1, -0.05) is 60.7 Å². The van der Waals surface area contributed by atoms with Crippen molar-refractivity contribution in [2.45, 2.75) is 25.7 Å². The number of hydrogen-bond acceptors (Lipinski definition) is 3. The zero-order chi connectivity index (χ0) is 22.0. The first-order chi connectivity index (χ1) is 14.9. The Kier molecular flexibility index (Phi) is 5.42. The van der Waals surface area contributed by atoms with Crippen LogP contribution < -0.4 is 0 Å². The number of fused-ring (bicyclic) bond motifs is 1. The van der Waals surface area contributed by atoms with Crippen molar-refractivity contribution in [3.8, 4) is 0 Å². The first-order valence-electron chi connectivity index (χ1n) is 10.2. The van der Waals surface area contributed by atoms with Gasteiger partial charge in [0.25, 0.3) is 0 Å². The standard InChI is InChI=1S/C26H22O5/c27-23-20-10-4-1-7-17(20)13-14-26(23,15-18-8-2-5-11-21(18)24(28)29)16-19-9-3-6-12-22(19)25(30)31/h1-12H,13-16H2,(H,28,29)(H,30,31). The summed E-state index contributed by atoms with van der Waals surface area (Å²) in [4.78, 5) is 37.4. The molecule has 0 saturated carbocycles. The summed E-state index contributed by atoms with van der Waals surface area (Å²) in [5, 5.41) is 19.3. The molecule has 1 aliphatic carbocycles. The number of carboxylic acids is 2. The fourth-order valence-electron chi connectivity index (χ4n) is 4.63. The average Bonchev–Trinajstić information content (AvgIpc) is 2.77. The molecule has 4 rings (SSSR count). The van der Waals surface area contributed by atoms with Gasteiger partial charge in [-0.2, -0.15) is 0 Å². The number of benzene rings is 3. The number of carbonyl (C=O) groups excluding carboxylic acids is 1. The Morgan fingerprint density at radius 1 is 0.742 bits per heavy atom. The van der Waals surface area contributed by atoms with Crippen LogP contribution in [-0.2, 0) is 19.3 Å². The van der Waals surface area contributed by atoms with E-state index in [2.05, 4.69) is 0 Å². The van der Waals surface area contributed by atoms with Crippen molar-refractivity contribution in [2.75, 3.05) is 0 Å². The van der Waals surface area contributed by atoms with Gasteiger partial charge < -0.3 is 10.2 Å². The molecule has 0 amide bonds. The highest BCUT2D eigenvalue weighted by atomic mass is 16.4. The zero-order valence-electron chi connectivity index (χ0n) is 16.9. The number of carboxylic acid groups (broad SMARTS) is 2. The van der Waals surface area contributed by atoms with Gasteiger partial charge in [0, 0.05) is 11.0 Å². The van der Waals surface area contributed by atoms with E-state index in [-0.39, 0.29) is 29.8 Å². The Morgan fingerprint density at radius 2 is 1.23 bits per heavy atom. The highest BCUT2D eigenvalue weighted by Crippen LogP contribution is 2.42. The van der Waals surface area contributed by atoms with Crippen LogP contribution >= 0.6 is 0 Å². The minimum atomic E-state index is -1.04. The number of ketones is 1. The quantitative estimate of drug-likeness (QED) is 0.611. The second-order valence-corrected chi connectivity index (χ2v) is 8.04. The van der Waals surface area contributed by atoms with E-state index in [0.717, 1.165) is 5.56 Å². The predicted octanol–water partition coefficient (Wildman–Crippen LogP) is 4.68. The molecule has 31 heavy (non-hydrogen) atoms. The largest absolute Gasteiger partial charge is 0.478 e. The maximum atomic E-state index is 13.8. The van der Waals surface area contributed by atoms with Gasteiger partial charge in [-0.3, -0.25) is 4.79 Å². The van der Waals surface area contributed by atoms with Crippen molar-refractivity contribution in [3.63, 3.8) is 0 Å². The van der Waals surface area contributed by atoms with Crippen LogP contribution in [0.5, 0.6) is 0 Å². The molecule has 3 aromatic carbocycles. The van der Waals surface area contributed by atoms with Crippen LogP contribution in [0.3, 0.4) is 0 Å². The molecular formula is C26H22O5. The van der Waals surface area contributed by atoms with Crippen molar-refractivity contribution >= 4 is 17.7 Å². The number of Topliss-reactive ketones (excluding diaryl/α,β-unsaturated/α-hetero) is 1. The third-order valence-corrected chi connectivity index (χ3v) is 6.17. The average molecular weight is 414 g/mol. The molecule has 3 aromatic rings. The lowest BCUT2D eigenvalue weighted by atomic mass is 9.64. The monoisotopic (exact) mass is 414 g/mol. The van der Waals surface area contributed by atoms with E-state index >= 15 is 0 Å². The summed E-state index contributed by atoms with van der Waals surface area (Å²) >= 11 is 0. The highest BCUT2D eigenvalue weighted by Gasteiger charge is 2.43. The third-order valence-electron chi connectivity index (χ3n) is 6.17. The van der Waals surface area contributed by atoms with Gasteiger partial charge in [-0.25, -0.2) is 9.59 Å². The normalized spacial score (nSPS) is 14.6. The maximum Gasteiger partial charge on any atom is 0.335 e. The summed E-state index contributed by atoms with van der Waals surface area (Å²) in [6.45, 7) is 0. The van der Waals surface area contributed by atoms with E-state index < -0.39 is 17.4 Å². The summed E-state index contributed by atoms with van der Waals surface area (Å²) in [5.41, 5.74) is 2.17. The minimum absolute atomic E-state index is 0.0604. The van der Waals surface area contributed by atoms with E-state index in [1.807, 2.05) is 18.2 Å². The Bertz CT molecular complexity index is 1120. The van der Waals surface area contributed by atoms with Crippen LogP contribution in [0.25, 0.3) is 0 Å². The van der Waals surface area contributed by atoms with Crippen molar-refractivity contribution < 1.29 is 24.6 Å². The van der Waals surface area contributed by atoms with Gasteiger partial charge in [-0.05, 0) is 54.5 Å². The molecule has 0 atom stereocenters. The molecule has 0 radical (unpaired) electrons. The molecule has 1 aliphatic rings. The molecule has 0 bridgehead atoms. The summed E-state index contributed by atoms with van der Waals surface area (Å²) in [7, 11) is 0. The number of carbonyl (C=O) groups is 3. The maximum absolute atomic E-state index is 13.8. The van der Waals surface area contributed by atoms with Crippen molar-refractivity contribution in [1.82, 2.24) is 0 Å². The molecule has 0 fully saturated rings. The van der Waals surface area contributed by atoms with Crippen molar-refractivity contribution in [3.05, 3.63) is 106 Å². The summed E-state index contributed by atoms with van der Waals surface area (Å²) in [6, 6.07) is 20.9. The van der Waals surface area contributed by atoms with Crippen molar-refractivity contribution in [2.24, 2.45) is 5.41 Å². The van der Waals surface area contributed by atoms with Gasteiger partial charge in [0.15, 0.2) is 5.78 Å². The minimum Gasteiger partial charge on any atom is -0.478 e. The molecule has 0 unspecified atom stereocenters. The second kappa shape index (κ2) is 8.19. The Hall–Kier alpha value is -3.73. The van der Waals surface area contributed by atoms with Gasteiger partial charge in [0.05, 0.1) is 11.1 Å². The Morgan fingerprint density at radius 3 is 1.77 bits per heavy atom. The van der Waals surface area contributed by atoms with E-state index in [1.54, 1.807) is 42.5 Å². The van der Waals surface area contributed by atoms with Crippen LogP contribution in [0.15, 0.2) is 72.8 Å². The van der Waals surface area contributed by atoms with E-state index in [1.165, 1.54) is 12.1 Å². The molecule has 5 heteroatoms. The van der Waals surface area contributed by atoms with E-state index in [9.17, 15) is 24.6 Å². The lowest BCUT2D eigenvalue weighted by Crippen LogP contribution is -2.40. The lowest BCUT2D eigenvalue weighted by Gasteiger charge is -2.37. The molecule has 0 aromatic heterocycles. The number of hydrogen-bond donors (Lipinski definition) is 2. The van der Waals surface area contributed by atoms with Crippen molar-refractivity contribution in [1.29, 1.82) is 0 Å². The van der Waals surface area contributed by atoms with Crippen LogP contribution in [-0.4, -0.2) is 27.9 Å². The van der Waals surface area contributed by atoms with Gasteiger partial charge in [-0.15, -0.1) is 0 Å². The smallest absolute Gasteiger partial charge is 0.335 e. The predicted molar refractivity (Wildman–Crippen MR) is 116 cm³/mol. The number of aryl methyl sites for hydroxylation is 1. The highest BCUT2D eigenvalue weighted by molar-refractivity contribution is 6.03. The Labute approximate surface area is 180 Å². The van der Waals surface area contributed by atoms with Gasteiger partial charge in [0.1, 0.15) is 0 Å².